The largest absolute Gasteiger partial charge is 0.481 e. The van der Waals surface area contributed by atoms with Gasteiger partial charge in [-0.3, -0.25) is 9.00 Å². The number of aliphatic carboxylic acids is 1. The monoisotopic (exact) mass is 336 g/mol. The van der Waals surface area contributed by atoms with Crippen molar-refractivity contribution in [2.24, 2.45) is 11.3 Å². The molecule has 1 aliphatic heterocycles. The molecule has 6 nitrogen and oxygen atoms in total. The highest BCUT2D eigenvalue weighted by molar-refractivity contribution is 7.84. The molecule has 124 valence electrons. The van der Waals surface area contributed by atoms with Gasteiger partial charge in [0.1, 0.15) is 0 Å². The molecule has 3 atom stereocenters. The van der Waals surface area contributed by atoms with Gasteiger partial charge in [0.05, 0.1) is 5.41 Å². The zero-order chi connectivity index (χ0) is 16.6. The molecule has 1 unspecified atom stereocenters. The van der Waals surface area contributed by atoms with Crippen LogP contribution in [-0.2, 0) is 15.6 Å². The Morgan fingerprint density at radius 2 is 2.22 bits per heavy atom. The first-order valence-electron chi connectivity index (χ1n) is 7.65. The summed E-state index contributed by atoms with van der Waals surface area (Å²) in [6.07, 6.45) is 4.00. The number of hydrogen-bond donors (Lipinski definition) is 2. The van der Waals surface area contributed by atoms with Gasteiger partial charge in [-0.15, -0.1) is 0 Å². The average Bonchev–Trinajstić information content (AvgIpc) is 3.05. The Labute approximate surface area is 137 Å². The number of fused-ring (bicyclic) bond motifs is 1. The highest BCUT2D eigenvalue weighted by Crippen LogP contribution is 2.48. The molecule has 1 aliphatic carbocycles. The van der Waals surface area contributed by atoms with Crippen LogP contribution in [0.3, 0.4) is 0 Å². The van der Waals surface area contributed by atoms with Gasteiger partial charge in [-0.2, -0.15) is 0 Å². The molecule has 1 saturated heterocycles. The minimum absolute atomic E-state index is 0.0419. The number of carbonyl (C=O) groups is 2. The van der Waals surface area contributed by atoms with E-state index in [4.69, 9.17) is 0 Å². The Bertz CT molecular complexity index is 678. The van der Waals surface area contributed by atoms with E-state index in [2.05, 4.69) is 5.32 Å². The van der Waals surface area contributed by atoms with Crippen LogP contribution in [0.4, 0.5) is 10.5 Å². The maximum Gasteiger partial charge on any atom is 0.321 e. The Hall–Kier alpha value is -1.89. The number of rotatable bonds is 3. The van der Waals surface area contributed by atoms with Crippen LogP contribution in [0.5, 0.6) is 0 Å². The van der Waals surface area contributed by atoms with Crippen molar-refractivity contribution in [3.63, 3.8) is 0 Å². The number of carboxylic acids is 1. The topological polar surface area (TPSA) is 86.7 Å². The molecule has 1 aromatic carbocycles. The van der Waals surface area contributed by atoms with Gasteiger partial charge in [-0.1, -0.05) is 12.5 Å². The van der Waals surface area contributed by atoms with E-state index < -0.39 is 22.2 Å². The van der Waals surface area contributed by atoms with Gasteiger partial charge < -0.3 is 15.3 Å². The number of urea groups is 1. The van der Waals surface area contributed by atoms with Crippen molar-refractivity contribution in [3.8, 4) is 0 Å². The number of nitrogens with one attached hydrogen (secondary N) is 1. The van der Waals surface area contributed by atoms with Gasteiger partial charge in [-0.25, -0.2) is 4.79 Å². The molecule has 1 aromatic rings. The SMILES string of the molecule is CS(=O)c1cccc(NC(=O)N2C[C@@H]3CCC[C@@]3(C(=O)O)C2)c1. The minimum atomic E-state index is -1.12. The fourth-order valence-electron chi connectivity index (χ4n) is 3.75. The van der Waals surface area contributed by atoms with E-state index >= 15 is 0 Å². The summed E-state index contributed by atoms with van der Waals surface area (Å²) in [5.74, 6) is -0.751. The molecule has 7 heteroatoms. The fourth-order valence-corrected chi connectivity index (χ4v) is 4.31. The maximum absolute atomic E-state index is 12.4. The number of nitrogens with zero attached hydrogens (tertiary/aromatic N) is 1. The number of amides is 2. The second-order valence-corrected chi connectivity index (χ2v) is 7.72. The molecule has 23 heavy (non-hydrogen) atoms. The lowest BCUT2D eigenvalue weighted by atomic mass is 9.81. The first kappa shape index (κ1) is 16.0. The van der Waals surface area contributed by atoms with E-state index in [0.29, 0.717) is 23.5 Å². The Morgan fingerprint density at radius 3 is 2.87 bits per heavy atom. The minimum Gasteiger partial charge on any atom is -0.481 e. The van der Waals surface area contributed by atoms with Gasteiger partial charge in [-0.05, 0) is 37.0 Å². The van der Waals surface area contributed by atoms with Crippen molar-refractivity contribution < 1.29 is 18.9 Å². The standard InChI is InChI=1S/C16H20N2O4S/c1-23(22)13-6-2-5-12(8-13)17-15(21)18-9-11-4-3-7-16(11,10-18)14(19)20/h2,5-6,8,11H,3-4,7,9-10H2,1H3,(H,17,21)(H,19,20)/t11-,16+,23?/m0/s1. The van der Waals surface area contributed by atoms with Crippen LogP contribution in [0.25, 0.3) is 0 Å². The summed E-state index contributed by atoms with van der Waals surface area (Å²) in [4.78, 5) is 26.3. The average molecular weight is 336 g/mol. The second kappa shape index (κ2) is 5.96. The molecule has 2 aliphatic rings. The summed E-state index contributed by atoms with van der Waals surface area (Å²) >= 11 is 0. The number of carboxylic acid groups (broad SMARTS) is 1. The van der Waals surface area contributed by atoms with Crippen LogP contribution in [0.1, 0.15) is 19.3 Å². The summed E-state index contributed by atoms with van der Waals surface area (Å²) in [6.45, 7) is 0.746. The molecule has 1 saturated carbocycles. The van der Waals surface area contributed by atoms with Gasteiger partial charge in [0.2, 0.25) is 0 Å². The number of likely N-dealkylation sites (tertiary alicyclic amines) is 1. The number of anilines is 1. The first-order valence-corrected chi connectivity index (χ1v) is 9.21. The fraction of sp³-hybridized carbons (Fsp3) is 0.500. The van der Waals surface area contributed by atoms with Gasteiger partial charge >= 0.3 is 12.0 Å². The Kier molecular flexibility index (Phi) is 4.14. The highest BCUT2D eigenvalue weighted by Gasteiger charge is 2.55. The molecule has 0 spiro atoms. The molecule has 0 bridgehead atoms. The smallest absolute Gasteiger partial charge is 0.321 e. The van der Waals surface area contributed by atoms with Gasteiger partial charge in [0.15, 0.2) is 0 Å². The molecule has 0 radical (unpaired) electrons. The van der Waals surface area contributed by atoms with E-state index in [1.54, 1.807) is 35.4 Å². The molecule has 3 rings (SSSR count). The highest BCUT2D eigenvalue weighted by atomic mass is 32.2. The molecule has 2 N–H and O–H groups in total. The van der Waals surface area contributed by atoms with Crippen molar-refractivity contribution in [2.75, 3.05) is 24.7 Å². The third kappa shape index (κ3) is 2.85. The van der Waals surface area contributed by atoms with E-state index in [0.717, 1.165) is 12.8 Å². The van der Waals surface area contributed by atoms with Crippen molar-refractivity contribution in [2.45, 2.75) is 24.2 Å². The normalized spacial score (nSPS) is 27.5. The summed E-state index contributed by atoms with van der Waals surface area (Å²) in [6, 6.07) is 6.60. The zero-order valence-corrected chi connectivity index (χ0v) is 13.8. The second-order valence-electron chi connectivity index (χ2n) is 6.34. The summed E-state index contributed by atoms with van der Waals surface area (Å²) in [5, 5.41) is 12.4. The van der Waals surface area contributed by atoms with Crippen LogP contribution < -0.4 is 5.32 Å². The predicted molar refractivity (Wildman–Crippen MR) is 86.8 cm³/mol. The van der Waals surface area contributed by atoms with E-state index in [1.165, 1.54) is 0 Å². The van der Waals surface area contributed by atoms with Crippen LogP contribution in [-0.4, -0.2) is 45.6 Å². The van der Waals surface area contributed by atoms with Crippen molar-refractivity contribution >= 4 is 28.5 Å². The molecule has 0 aromatic heterocycles. The van der Waals surface area contributed by atoms with Crippen LogP contribution in [0.2, 0.25) is 0 Å². The third-order valence-electron chi connectivity index (χ3n) is 5.00. The molecular weight excluding hydrogens is 316 g/mol. The Morgan fingerprint density at radius 1 is 1.43 bits per heavy atom. The zero-order valence-electron chi connectivity index (χ0n) is 12.9. The van der Waals surface area contributed by atoms with E-state index in [1.807, 2.05) is 0 Å². The van der Waals surface area contributed by atoms with E-state index in [-0.39, 0.29) is 18.5 Å². The molecule has 1 heterocycles. The number of carbonyl (C=O) groups excluding carboxylic acids is 1. The van der Waals surface area contributed by atoms with Crippen LogP contribution in [0.15, 0.2) is 29.2 Å². The maximum atomic E-state index is 12.4. The van der Waals surface area contributed by atoms with Crippen LogP contribution >= 0.6 is 0 Å². The predicted octanol–water partition coefficient (Wildman–Crippen LogP) is 2.14. The Balaban J connectivity index is 1.72. The van der Waals surface area contributed by atoms with Gasteiger partial charge in [0, 0.05) is 40.7 Å². The summed E-state index contributed by atoms with van der Waals surface area (Å²) in [5.41, 5.74) is -0.200. The van der Waals surface area contributed by atoms with E-state index in [9.17, 15) is 18.9 Å². The summed E-state index contributed by atoms with van der Waals surface area (Å²) < 4.78 is 11.5. The van der Waals surface area contributed by atoms with Crippen molar-refractivity contribution in [1.82, 2.24) is 4.90 Å². The molecular formula is C16H20N2O4S. The summed E-state index contributed by atoms with van der Waals surface area (Å²) in [7, 11) is -1.12. The van der Waals surface area contributed by atoms with Crippen LogP contribution in [0, 0.1) is 11.3 Å². The first-order chi connectivity index (χ1) is 10.9. The lowest BCUT2D eigenvalue weighted by Crippen LogP contribution is -2.38. The third-order valence-corrected chi connectivity index (χ3v) is 5.92. The lowest BCUT2D eigenvalue weighted by Gasteiger charge is -2.23. The molecule has 2 amide bonds. The lowest BCUT2D eigenvalue weighted by molar-refractivity contribution is -0.149. The van der Waals surface area contributed by atoms with Crippen molar-refractivity contribution in [3.05, 3.63) is 24.3 Å². The molecule has 2 fully saturated rings. The van der Waals surface area contributed by atoms with Gasteiger partial charge in [0.25, 0.3) is 0 Å². The number of benzene rings is 1. The number of hydrogen-bond acceptors (Lipinski definition) is 3. The quantitative estimate of drug-likeness (QED) is 0.885. The van der Waals surface area contributed by atoms with Crippen molar-refractivity contribution in [1.29, 1.82) is 0 Å².